The van der Waals surface area contributed by atoms with Crippen molar-refractivity contribution in [2.75, 3.05) is 33.1 Å². The molecule has 0 saturated carbocycles. The van der Waals surface area contributed by atoms with Crippen LogP contribution in [0, 0.1) is 0 Å². The second-order valence-electron chi connectivity index (χ2n) is 6.45. The van der Waals surface area contributed by atoms with Crippen molar-refractivity contribution in [2.45, 2.75) is 6.42 Å². The largest absolute Gasteiger partial charge is 0.497 e. The minimum Gasteiger partial charge on any atom is -0.497 e. The molecule has 7 heteroatoms. The monoisotopic (exact) mass is 392 g/mol. The van der Waals surface area contributed by atoms with Crippen LogP contribution < -0.4 is 14.8 Å². The number of aromatic nitrogens is 2. The SMILES string of the molecule is COc1ccc(Nc2ccnc(C(=O)N(C)CCc3ccncc3)c2)c(OC)c1. The van der Waals surface area contributed by atoms with Crippen molar-refractivity contribution in [3.63, 3.8) is 0 Å². The van der Waals surface area contributed by atoms with Gasteiger partial charge in [0.15, 0.2) is 0 Å². The second-order valence-corrected chi connectivity index (χ2v) is 6.45. The maximum atomic E-state index is 12.8. The number of rotatable bonds is 8. The molecule has 2 aromatic heterocycles. The van der Waals surface area contributed by atoms with E-state index in [1.807, 2.05) is 24.3 Å². The number of hydrogen-bond acceptors (Lipinski definition) is 6. The van der Waals surface area contributed by atoms with E-state index in [4.69, 9.17) is 9.47 Å². The number of anilines is 2. The highest BCUT2D eigenvalue weighted by Crippen LogP contribution is 2.31. The summed E-state index contributed by atoms with van der Waals surface area (Å²) in [5.41, 5.74) is 3.02. The topological polar surface area (TPSA) is 76.6 Å². The van der Waals surface area contributed by atoms with Crippen LogP contribution in [0.1, 0.15) is 16.1 Å². The molecule has 3 rings (SSSR count). The molecule has 3 aromatic rings. The molecule has 0 unspecified atom stereocenters. The Labute approximate surface area is 170 Å². The number of carbonyl (C=O) groups excluding carboxylic acids is 1. The fraction of sp³-hybridized carbons (Fsp3) is 0.227. The zero-order valence-electron chi connectivity index (χ0n) is 16.8. The Kier molecular flexibility index (Phi) is 6.63. The van der Waals surface area contributed by atoms with Crippen molar-refractivity contribution >= 4 is 17.3 Å². The molecular weight excluding hydrogens is 368 g/mol. The van der Waals surface area contributed by atoms with Crippen molar-refractivity contribution in [3.05, 3.63) is 72.3 Å². The van der Waals surface area contributed by atoms with E-state index in [1.54, 1.807) is 63.0 Å². The molecule has 0 spiro atoms. The van der Waals surface area contributed by atoms with Crippen LogP contribution in [0.15, 0.2) is 61.1 Å². The van der Waals surface area contributed by atoms with E-state index in [2.05, 4.69) is 15.3 Å². The number of likely N-dealkylation sites (N-methyl/N-ethyl adjacent to an activating group) is 1. The summed E-state index contributed by atoms with van der Waals surface area (Å²) < 4.78 is 10.6. The smallest absolute Gasteiger partial charge is 0.272 e. The van der Waals surface area contributed by atoms with Gasteiger partial charge < -0.3 is 19.7 Å². The van der Waals surface area contributed by atoms with E-state index in [9.17, 15) is 4.79 Å². The van der Waals surface area contributed by atoms with Gasteiger partial charge in [-0.2, -0.15) is 0 Å². The van der Waals surface area contributed by atoms with Crippen LogP contribution in [0.3, 0.4) is 0 Å². The molecule has 1 amide bonds. The Balaban J connectivity index is 1.69. The van der Waals surface area contributed by atoms with Gasteiger partial charge >= 0.3 is 0 Å². The van der Waals surface area contributed by atoms with Gasteiger partial charge in [0.05, 0.1) is 19.9 Å². The first-order valence-electron chi connectivity index (χ1n) is 9.20. The molecule has 0 fully saturated rings. The van der Waals surface area contributed by atoms with Crippen molar-refractivity contribution in [3.8, 4) is 11.5 Å². The van der Waals surface area contributed by atoms with Gasteiger partial charge in [-0.15, -0.1) is 0 Å². The molecule has 1 N–H and O–H groups in total. The van der Waals surface area contributed by atoms with Crippen LogP contribution in [0.5, 0.6) is 11.5 Å². The van der Waals surface area contributed by atoms with E-state index >= 15 is 0 Å². The van der Waals surface area contributed by atoms with Crippen molar-refractivity contribution in [2.24, 2.45) is 0 Å². The Bertz CT molecular complexity index is 963. The van der Waals surface area contributed by atoms with Gasteiger partial charge in [0.25, 0.3) is 5.91 Å². The molecule has 0 aliphatic carbocycles. The van der Waals surface area contributed by atoms with Crippen molar-refractivity contribution < 1.29 is 14.3 Å². The van der Waals surface area contributed by atoms with Crippen LogP contribution in [0.2, 0.25) is 0 Å². The molecule has 7 nitrogen and oxygen atoms in total. The molecule has 0 bridgehead atoms. The van der Waals surface area contributed by atoms with Crippen molar-refractivity contribution in [1.29, 1.82) is 0 Å². The summed E-state index contributed by atoms with van der Waals surface area (Å²) >= 11 is 0. The molecule has 0 radical (unpaired) electrons. The number of hydrogen-bond donors (Lipinski definition) is 1. The fourth-order valence-corrected chi connectivity index (χ4v) is 2.83. The standard InChI is InChI=1S/C22H24N4O3/c1-26(13-9-16-6-10-23-11-7-16)22(27)20-14-17(8-12-24-20)25-19-5-4-18(28-2)15-21(19)29-3/h4-8,10-12,14-15H,9,13H2,1-3H3,(H,24,25). The number of benzene rings is 1. The Morgan fingerprint density at radius 3 is 2.55 bits per heavy atom. The van der Waals surface area contributed by atoms with E-state index in [0.29, 0.717) is 23.7 Å². The van der Waals surface area contributed by atoms with Crippen LogP contribution in [0.25, 0.3) is 0 Å². The van der Waals surface area contributed by atoms with Gasteiger partial charge in [-0.1, -0.05) is 0 Å². The highest BCUT2D eigenvalue weighted by molar-refractivity contribution is 5.93. The van der Waals surface area contributed by atoms with Crippen molar-refractivity contribution in [1.82, 2.24) is 14.9 Å². The summed E-state index contributed by atoms with van der Waals surface area (Å²) in [4.78, 5) is 22.7. The first-order chi connectivity index (χ1) is 14.1. The third-order valence-electron chi connectivity index (χ3n) is 4.50. The summed E-state index contributed by atoms with van der Waals surface area (Å²) in [6.07, 6.45) is 5.87. The minimum atomic E-state index is -0.135. The molecule has 0 atom stereocenters. The average molecular weight is 392 g/mol. The number of nitrogens with zero attached hydrogens (tertiary/aromatic N) is 3. The average Bonchev–Trinajstić information content (AvgIpc) is 2.78. The summed E-state index contributed by atoms with van der Waals surface area (Å²) in [5, 5.41) is 3.27. The van der Waals surface area contributed by atoms with Gasteiger partial charge in [0.2, 0.25) is 0 Å². The van der Waals surface area contributed by atoms with Gasteiger partial charge in [-0.25, -0.2) is 0 Å². The summed E-state index contributed by atoms with van der Waals surface area (Å²) in [5.74, 6) is 1.21. The normalized spacial score (nSPS) is 10.3. The van der Waals surface area contributed by atoms with Gasteiger partial charge in [-0.05, 0) is 48.4 Å². The van der Waals surface area contributed by atoms with Gasteiger partial charge in [0.1, 0.15) is 17.2 Å². The van der Waals surface area contributed by atoms with E-state index in [1.165, 1.54) is 0 Å². The Hall–Kier alpha value is -3.61. The zero-order chi connectivity index (χ0) is 20.6. The molecule has 0 aliphatic rings. The zero-order valence-corrected chi connectivity index (χ0v) is 16.8. The maximum absolute atomic E-state index is 12.8. The van der Waals surface area contributed by atoms with E-state index in [0.717, 1.165) is 23.4 Å². The van der Waals surface area contributed by atoms with E-state index < -0.39 is 0 Å². The quantitative estimate of drug-likeness (QED) is 0.632. The lowest BCUT2D eigenvalue weighted by Gasteiger charge is -2.17. The van der Waals surface area contributed by atoms with Gasteiger partial charge in [0, 0.05) is 43.9 Å². The lowest BCUT2D eigenvalue weighted by Crippen LogP contribution is -2.29. The third-order valence-corrected chi connectivity index (χ3v) is 4.50. The summed E-state index contributed by atoms with van der Waals surface area (Å²) in [6.45, 7) is 0.592. The third kappa shape index (κ3) is 5.22. The van der Waals surface area contributed by atoms with E-state index in [-0.39, 0.29) is 5.91 Å². The molecule has 150 valence electrons. The number of nitrogens with one attached hydrogen (secondary N) is 1. The highest BCUT2D eigenvalue weighted by atomic mass is 16.5. The first-order valence-corrected chi connectivity index (χ1v) is 9.20. The van der Waals surface area contributed by atoms with Crippen LogP contribution in [0.4, 0.5) is 11.4 Å². The predicted molar refractivity (Wildman–Crippen MR) is 112 cm³/mol. The predicted octanol–water partition coefficient (Wildman–Crippen LogP) is 3.55. The van der Waals surface area contributed by atoms with Crippen LogP contribution in [-0.4, -0.2) is 48.6 Å². The number of methoxy groups -OCH3 is 2. The number of pyridine rings is 2. The maximum Gasteiger partial charge on any atom is 0.272 e. The number of carbonyl (C=O) groups is 1. The van der Waals surface area contributed by atoms with Crippen LogP contribution in [-0.2, 0) is 6.42 Å². The lowest BCUT2D eigenvalue weighted by molar-refractivity contribution is 0.0791. The molecule has 0 saturated heterocycles. The molecule has 2 heterocycles. The first kappa shape index (κ1) is 20.1. The minimum absolute atomic E-state index is 0.135. The lowest BCUT2D eigenvalue weighted by atomic mass is 10.2. The fourth-order valence-electron chi connectivity index (χ4n) is 2.83. The summed E-state index contributed by atoms with van der Waals surface area (Å²) in [6, 6.07) is 12.9. The molecule has 0 aliphatic heterocycles. The second kappa shape index (κ2) is 9.54. The summed E-state index contributed by atoms with van der Waals surface area (Å²) in [7, 11) is 4.98. The molecule has 1 aromatic carbocycles. The Morgan fingerprint density at radius 2 is 1.83 bits per heavy atom. The molecular formula is C22H24N4O3. The van der Waals surface area contributed by atoms with Crippen LogP contribution >= 0.6 is 0 Å². The number of amides is 1. The van der Waals surface area contributed by atoms with Gasteiger partial charge in [-0.3, -0.25) is 14.8 Å². The highest BCUT2D eigenvalue weighted by Gasteiger charge is 2.14. The number of ether oxygens (including phenoxy) is 2. The molecule has 29 heavy (non-hydrogen) atoms. The Morgan fingerprint density at radius 1 is 1.03 bits per heavy atom.